The van der Waals surface area contributed by atoms with E-state index in [4.69, 9.17) is 0 Å². The quantitative estimate of drug-likeness (QED) is 0.874. The van der Waals surface area contributed by atoms with Gasteiger partial charge in [0, 0.05) is 44.5 Å². The molecule has 1 aromatic rings. The highest BCUT2D eigenvalue weighted by Gasteiger charge is 2.18. The first-order valence-corrected chi connectivity index (χ1v) is 6.90. The molecule has 1 aliphatic rings. The topological polar surface area (TPSA) is 18.5 Å². The fourth-order valence-corrected chi connectivity index (χ4v) is 2.49. The Bertz CT molecular complexity index is 370. The van der Waals surface area contributed by atoms with Gasteiger partial charge in [-0.3, -0.25) is 4.90 Å². The first-order chi connectivity index (χ1) is 8.69. The van der Waals surface area contributed by atoms with Crippen molar-refractivity contribution in [3.05, 3.63) is 29.8 Å². The van der Waals surface area contributed by atoms with Crippen molar-refractivity contribution >= 4 is 5.69 Å². The lowest BCUT2D eigenvalue weighted by molar-refractivity contribution is 0.237. The first kappa shape index (κ1) is 13.4. The van der Waals surface area contributed by atoms with E-state index in [1.807, 2.05) is 7.05 Å². The summed E-state index contributed by atoms with van der Waals surface area (Å²) in [7, 11) is 2.04. The molecule has 0 amide bonds. The van der Waals surface area contributed by atoms with Crippen LogP contribution in [0.15, 0.2) is 24.3 Å². The van der Waals surface area contributed by atoms with Gasteiger partial charge >= 0.3 is 0 Å². The zero-order valence-electron chi connectivity index (χ0n) is 11.8. The number of aryl methyl sites for hydroxylation is 1. The van der Waals surface area contributed by atoms with E-state index >= 15 is 0 Å². The number of likely N-dealkylation sites (N-methyl/N-ethyl adjacent to an activating group) is 1. The molecule has 1 aromatic carbocycles. The van der Waals surface area contributed by atoms with Crippen molar-refractivity contribution in [3.8, 4) is 0 Å². The molecule has 0 radical (unpaired) electrons. The highest BCUT2D eigenvalue weighted by Crippen LogP contribution is 2.17. The highest BCUT2D eigenvalue weighted by molar-refractivity contribution is 5.48. The second-order valence-electron chi connectivity index (χ2n) is 5.32. The van der Waals surface area contributed by atoms with Crippen LogP contribution in [0.4, 0.5) is 5.69 Å². The number of nitrogens with zero attached hydrogens (tertiary/aromatic N) is 2. The second-order valence-corrected chi connectivity index (χ2v) is 5.32. The summed E-state index contributed by atoms with van der Waals surface area (Å²) in [6, 6.07) is 9.40. The van der Waals surface area contributed by atoms with Crippen LogP contribution in [-0.4, -0.2) is 50.7 Å². The largest absolute Gasteiger partial charge is 0.369 e. The summed E-state index contributed by atoms with van der Waals surface area (Å²) in [6.07, 6.45) is 0. The van der Waals surface area contributed by atoms with E-state index in [9.17, 15) is 0 Å². The molecule has 3 nitrogen and oxygen atoms in total. The van der Waals surface area contributed by atoms with Crippen LogP contribution in [0.5, 0.6) is 0 Å². The molecule has 0 aliphatic carbocycles. The fourth-order valence-electron chi connectivity index (χ4n) is 2.49. The third kappa shape index (κ3) is 3.47. The monoisotopic (exact) mass is 247 g/mol. The lowest BCUT2D eigenvalue weighted by Crippen LogP contribution is -2.49. The zero-order valence-corrected chi connectivity index (χ0v) is 11.8. The Hall–Kier alpha value is -1.06. The average molecular weight is 247 g/mol. The highest BCUT2D eigenvalue weighted by atomic mass is 15.3. The van der Waals surface area contributed by atoms with E-state index in [2.05, 4.69) is 53.2 Å². The molecule has 0 aromatic heterocycles. The van der Waals surface area contributed by atoms with E-state index in [1.165, 1.54) is 24.3 Å². The van der Waals surface area contributed by atoms with E-state index in [0.29, 0.717) is 6.04 Å². The summed E-state index contributed by atoms with van der Waals surface area (Å²) in [5.74, 6) is 0. The number of piperazine rings is 1. The minimum atomic E-state index is 0.579. The van der Waals surface area contributed by atoms with Crippen molar-refractivity contribution in [2.45, 2.75) is 19.9 Å². The number of nitrogens with one attached hydrogen (secondary N) is 1. The molecule has 0 saturated carbocycles. The molecule has 2 rings (SSSR count). The molecular weight excluding hydrogens is 222 g/mol. The molecule has 1 N–H and O–H groups in total. The maximum atomic E-state index is 3.31. The number of hydrogen-bond acceptors (Lipinski definition) is 3. The molecule has 1 unspecified atom stereocenters. The molecule has 100 valence electrons. The molecule has 1 atom stereocenters. The number of anilines is 1. The van der Waals surface area contributed by atoms with Crippen LogP contribution in [0.1, 0.15) is 12.5 Å². The van der Waals surface area contributed by atoms with Crippen LogP contribution in [0.3, 0.4) is 0 Å². The smallest absolute Gasteiger partial charge is 0.0369 e. The number of benzene rings is 1. The fraction of sp³-hybridized carbons (Fsp3) is 0.600. The summed E-state index contributed by atoms with van der Waals surface area (Å²) in [5, 5.41) is 3.31. The summed E-state index contributed by atoms with van der Waals surface area (Å²) in [5.41, 5.74) is 2.72. The van der Waals surface area contributed by atoms with E-state index in [-0.39, 0.29) is 0 Å². The van der Waals surface area contributed by atoms with Gasteiger partial charge < -0.3 is 10.2 Å². The van der Waals surface area contributed by atoms with Crippen LogP contribution in [0.2, 0.25) is 0 Å². The molecule has 1 heterocycles. The van der Waals surface area contributed by atoms with Gasteiger partial charge in [-0.05, 0) is 38.6 Å². The minimum Gasteiger partial charge on any atom is -0.369 e. The number of rotatable bonds is 4. The predicted octanol–water partition coefficient (Wildman–Crippen LogP) is 1.72. The van der Waals surface area contributed by atoms with Crippen molar-refractivity contribution in [2.24, 2.45) is 0 Å². The lowest BCUT2D eigenvalue weighted by atomic mass is 10.2. The summed E-state index contributed by atoms with van der Waals surface area (Å²) < 4.78 is 0. The maximum Gasteiger partial charge on any atom is 0.0369 e. The summed E-state index contributed by atoms with van der Waals surface area (Å²) in [6.45, 7) is 10.2. The van der Waals surface area contributed by atoms with Gasteiger partial charge in [0.05, 0.1) is 0 Å². The van der Waals surface area contributed by atoms with Crippen LogP contribution in [-0.2, 0) is 0 Å². The van der Waals surface area contributed by atoms with Crippen LogP contribution < -0.4 is 10.2 Å². The molecule has 0 spiro atoms. The van der Waals surface area contributed by atoms with Crippen LogP contribution in [0, 0.1) is 6.92 Å². The van der Waals surface area contributed by atoms with Crippen molar-refractivity contribution in [2.75, 3.05) is 44.7 Å². The van der Waals surface area contributed by atoms with Gasteiger partial charge in [0.15, 0.2) is 0 Å². The van der Waals surface area contributed by atoms with Crippen LogP contribution in [0.25, 0.3) is 0 Å². The van der Waals surface area contributed by atoms with Crippen molar-refractivity contribution in [3.63, 3.8) is 0 Å². The predicted molar refractivity (Wildman–Crippen MR) is 78.4 cm³/mol. The van der Waals surface area contributed by atoms with E-state index in [1.54, 1.807) is 0 Å². The molecular formula is C15H25N3. The van der Waals surface area contributed by atoms with Gasteiger partial charge in [-0.2, -0.15) is 0 Å². The van der Waals surface area contributed by atoms with Gasteiger partial charge in [-0.1, -0.05) is 12.1 Å². The Balaban J connectivity index is 1.87. The van der Waals surface area contributed by atoms with Gasteiger partial charge in [-0.15, -0.1) is 0 Å². The van der Waals surface area contributed by atoms with E-state index in [0.717, 1.165) is 19.6 Å². The Morgan fingerprint density at radius 1 is 1.22 bits per heavy atom. The summed E-state index contributed by atoms with van der Waals surface area (Å²) >= 11 is 0. The molecule has 0 bridgehead atoms. The van der Waals surface area contributed by atoms with Crippen molar-refractivity contribution < 1.29 is 0 Å². The standard InChI is InChI=1S/C15H25N3/c1-13-5-4-6-15(11-13)18-9-7-17(8-10-18)12-14(2)16-3/h4-6,11,14,16H,7-10,12H2,1-3H3. The third-order valence-corrected chi connectivity index (χ3v) is 3.76. The van der Waals surface area contributed by atoms with Gasteiger partial charge in [-0.25, -0.2) is 0 Å². The second kappa shape index (κ2) is 6.21. The third-order valence-electron chi connectivity index (χ3n) is 3.76. The normalized spacial score (nSPS) is 18.9. The Kier molecular flexibility index (Phi) is 4.61. The first-order valence-electron chi connectivity index (χ1n) is 6.90. The zero-order chi connectivity index (χ0) is 13.0. The van der Waals surface area contributed by atoms with Gasteiger partial charge in [0.25, 0.3) is 0 Å². The van der Waals surface area contributed by atoms with Gasteiger partial charge in [0.2, 0.25) is 0 Å². The molecule has 18 heavy (non-hydrogen) atoms. The average Bonchev–Trinajstić information content (AvgIpc) is 2.39. The Labute approximate surface area is 111 Å². The molecule has 3 heteroatoms. The van der Waals surface area contributed by atoms with Crippen molar-refractivity contribution in [1.82, 2.24) is 10.2 Å². The Morgan fingerprint density at radius 3 is 2.56 bits per heavy atom. The summed E-state index contributed by atoms with van der Waals surface area (Å²) in [4.78, 5) is 5.04. The number of hydrogen-bond donors (Lipinski definition) is 1. The minimum absolute atomic E-state index is 0.579. The lowest BCUT2D eigenvalue weighted by Gasteiger charge is -2.37. The molecule has 1 fully saturated rings. The van der Waals surface area contributed by atoms with Crippen LogP contribution >= 0.6 is 0 Å². The SMILES string of the molecule is CNC(C)CN1CCN(c2cccc(C)c2)CC1. The van der Waals surface area contributed by atoms with E-state index < -0.39 is 0 Å². The molecule has 1 saturated heterocycles. The maximum absolute atomic E-state index is 3.31. The Morgan fingerprint density at radius 2 is 1.94 bits per heavy atom. The van der Waals surface area contributed by atoms with Crippen molar-refractivity contribution in [1.29, 1.82) is 0 Å². The van der Waals surface area contributed by atoms with Gasteiger partial charge in [0.1, 0.15) is 0 Å². The molecule has 1 aliphatic heterocycles.